The minimum atomic E-state index is -3.47. The molecule has 0 aliphatic carbocycles. The smallest absolute Gasteiger partial charge is 0.251 e. The number of amides is 1. The summed E-state index contributed by atoms with van der Waals surface area (Å²) in [5, 5.41) is 2.84. The Hall–Kier alpha value is -3.32. The van der Waals surface area contributed by atoms with E-state index in [2.05, 4.69) is 5.32 Å². The van der Waals surface area contributed by atoms with Crippen LogP contribution in [0.15, 0.2) is 66.7 Å². The first-order valence-electron chi connectivity index (χ1n) is 10.8. The van der Waals surface area contributed by atoms with Crippen LogP contribution < -0.4 is 14.4 Å². The molecule has 33 heavy (non-hydrogen) atoms. The maximum absolute atomic E-state index is 12.4. The van der Waals surface area contributed by atoms with Crippen LogP contribution in [-0.2, 0) is 16.6 Å². The first-order valence-corrected chi connectivity index (χ1v) is 12.6. The average molecular weight is 467 g/mol. The van der Waals surface area contributed by atoms with Gasteiger partial charge in [0.2, 0.25) is 10.0 Å². The van der Waals surface area contributed by atoms with Crippen LogP contribution in [0, 0.1) is 20.8 Å². The molecule has 3 aromatic rings. The number of carbonyl (C=O) groups excluding carboxylic acids is 1. The van der Waals surface area contributed by atoms with E-state index in [4.69, 9.17) is 4.74 Å². The summed E-state index contributed by atoms with van der Waals surface area (Å²) < 4.78 is 31.9. The van der Waals surface area contributed by atoms with Gasteiger partial charge in [0.15, 0.2) is 0 Å². The number of ether oxygens (including phenoxy) is 1. The highest BCUT2D eigenvalue weighted by Gasteiger charge is 2.19. The third-order valence-corrected chi connectivity index (χ3v) is 6.59. The van der Waals surface area contributed by atoms with Crippen molar-refractivity contribution in [1.82, 2.24) is 5.32 Å². The Kier molecular flexibility index (Phi) is 7.76. The van der Waals surface area contributed by atoms with Crippen molar-refractivity contribution in [2.45, 2.75) is 27.3 Å². The van der Waals surface area contributed by atoms with Gasteiger partial charge in [-0.3, -0.25) is 9.10 Å². The number of nitrogens with one attached hydrogen (secondary N) is 1. The molecule has 0 aromatic heterocycles. The fourth-order valence-corrected chi connectivity index (χ4v) is 4.34. The summed E-state index contributed by atoms with van der Waals surface area (Å²) in [4.78, 5) is 12.4. The molecule has 1 amide bonds. The minimum absolute atomic E-state index is 0.190. The van der Waals surface area contributed by atoms with Crippen LogP contribution in [0.2, 0.25) is 0 Å². The van der Waals surface area contributed by atoms with Crippen molar-refractivity contribution in [2.24, 2.45) is 0 Å². The van der Waals surface area contributed by atoms with E-state index in [0.29, 0.717) is 24.4 Å². The van der Waals surface area contributed by atoms with Gasteiger partial charge >= 0.3 is 0 Å². The molecule has 0 fully saturated rings. The summed E-state index contributed by atoms with van der Waals surface area (Å²) in [5.41, 5.74) is 5.18. The topological polar surface area (TPSA) is 75.7 Å². The van der Waals surface area contributed by atoms with E-state index in [1.165, 1.54) is 16.1 Å². The molecule has 0 unspecified atom stereocenters. The molecule has 7 heteroatoms. The molecule has 1 N–H and O–H groups in total. The molecular formula is C26H30N2O4S. The largest absolute Gasteiger partial charge is 0.492 e. The Morgan fingerprint density at radius 2 is 1.61 bits per heavy atom. The van der Waals surface area contributed by atoms with Crippen molar-refractivity contribution < 1.29 is 17.9 Å². The minimum Gasteiger partial charge on any atom is -0.492 e. The summed E-state index contributed by atoms with van der Waals surface area (Å²) >= 11 is 0. The number of carbonyl (C=O) groups is 1. The maximum atomic E-state index is 12.4. The highest BCUT2D eigenvalue weighted by molar-refractivity contribution is 7.92. The molecule has 0 aliphatic heterocycles. The Morgan fingerprint density at radius 1 is 0.909 bits per heavy atom. The summed E-state index contributed by atoms with van der Waals surface area (Å²) in [6.07, 6.45) is 1.20. The first-order chi connectivity index (χ1) is 15.6. The number of para-hydroxylation sites is 1. The second-order valence-electron chi connectivity index (χ2n) is 8.10. The lowest BCUT2D eigenvalue weighted by Crippen LogP contribution is -2.30. The van der Waals surface area contributed by atoms with E-state index < -0.39 is 10.0 Å². The second-order valence-corrected chi connectivity index (χ2v) is 10.0. The van der Waals surface area contributed by atoms with Crippen molar-refractivity contribution in [2.75, 3.05) is 23.7 Å². The third-order valence-electron chi connectivity index (χ3n) is 5.46. The van der Waals surface area contributed by atoms with Gasteiger partial charge in [0, 0.05) is 5.56 Å². The summed E-state index contributed by atoms with van der Waals surface area (Å²) in [7, 11) is -3.47. The van der Waals surface area contributed by atoms with Crippen molar-refractivity contribution in [3.8, 4) is 5.75 Å². The van der Waals surface area contributed by atoms with E-state index in [0.717, 1.165) is 22.4 Å². The molecule has 3 rings (SSSR count). The molecule has 0 spiro atoms. The number of sulfonamides is 1. The molecule has 0 radical (unpaired) electrons. The Morgan fingerprint density at radius 3 is 2.24 bits per heavy atom. The Bertz CT molecular complexity index is 1220. The molecule has 0 saturated heterocycles. The van der Waals surface area contributed by atoms with E-state index in [1.54, 1.807) is 30.3 Å². The maximum Gasteiger partial charge on any atom is 0.251 e. The van der Waals surface area contributed by atoms with Crippen LogP contribution in [0.3, 0.4) is 0 Å². The van der Waals surface area contributed by atoms with Crippen molar-refractivity contribution in [3.05, 3.63) is 94.5 Å². The van der Waals surface area contributed by atoms with Gasteiger partial charge in [-0.25, -0.2) is 8.42 Å². The third kappa shape index (κ3) is 6.58. The van der Waals surface area contributed by atoms with E-state index in [1.807, 2.05) is 57.2 Å². The van der Waals surface area contributed by atoms with Gasteiger partial charge in [0.25, 0.3) is 5.91 Å². The number of hydrogen-bond donors (Lipinski definition) is 1. The van der Waals surface area contributed by atoms with Crippen molar-refractivity contribution >= 4 is 21.6 Å². The summed E-state index contributed by atoms with van der Waals surface area (Å²) in [6.45, 7) is 6.89. The predicted molar refractivity (Wildman–Crippen MR) is 132 cm³/mol. The molecule has 6 nitrogen and oxygen atoms in total. The number of rotatable bonds is 9. The number of hydrogen-bond acceptors (Lipinski definition) is 4. The standard InChI is InChI=1S/C26H30N2O4S/c1-19-9-14-24(17-21(19)3)32-16-15-27-26(29)23-12-10-22(11-13-23)18-28(33(4,30)31)25-8-6-5-7-20(25)2/h5-14,17H,15-16,18H2,1-4H3,(H,27,29). The second kappa shape index (κ2) is 10.5. The van der Waals surface area contributed by atoms with Crippen LogP contribution in [0.4, 0.5) is 5.69 Å². The van der Waals surface area contributed by atoms with Gasteiger partial charge in [-0.1, -0.05) is 36.4 Å². The summed E-state index contributed by atoms with van der Waals surface area (Å²) in [5.74, 6) is 0.574. The van der Waals surface area contributed by atoms with E-state index >= 15 is 0 Å². The highest BCUT2D eigenvalue weighted by atomic mass is 32.2. The fraction of sp³-hybridized carbons (Fsp3) is 0.269. The average Bonchev–Trinajstić information content (AvgIpc) is 2.77. The summed E-state index contributed by atoms with van der Waals surface area (Å²) in [6, 6.07) is 20.2. The molecule has 0 atom stereocenters. The zero-order valence-corrected chi connectivity index (χ0v) is 20.3. The number of anilines is 1. The lowest BCUT2D eigenvalue weighted by molar-refractivity contribution is 0.0947. The molecule has 0 bridgehead atoms. The first kappa shape index (κ1) is 24.3. The van der Waals surface area contributed by atoms with Gasteiger partial charge in [0.1, 0.15) is 12.4 Å². The Balaban J connectivity index is 1.57. The highest BCUT2D eigenvalue weighted by Crippen LogP contribution is 2.24. The molecule has 0 aliphatic rings. The zero-order chi connectivity index (χ0) is 24.0. The molecule has 3 aromatic carbocycles. The van der Waals surface area contributed by atoms with Gasteiger partial charge in [-0.15, -0.1) is 0 Å². The van der Waals surface area contributed by atoms with Gasteiger partial charge < -0.3 is 10.1 Å². The monoisotopic (exact) mass is 466 g/mol. The zero-order valence-electron chi connectivity index (χ0n) is 19.5. The lowest BCUT2D eigenvalue weighted by atomic mass is 10.1. The van der Waals surface area contributed by atoms with E-state index in [9.17, 15) is 13.2 Å². The number of aryl methyl sites for hydroxylation is 3. The van der Waals surface area contributed by atoms with Crippen LogP contribution in [0.25, 0.3) is 0 Å². The van der Waals surface area contributed by atoms with Crippen LogP contribution in [-0.4, -0.2) is 33.7 Å². The van der Waals surface area contributed by atoms with Gasteiger partial charge in [0.05, 0.1) is 25.0 Å². The van der Waals surface area contributed by atoms with Gasteiger partial charge in [-0.05, 0) is 73.4 Å². The Labute approximate surface area is 196 Å². The SMILES string of the molecule is Cc1ccc(OCCNC(=O)c2ccc(CN(c3ccccc3C)S(C)(=O)=O)cc2)cc1C. The van der Waals surface area contributed by atoms with Crippen LogP contribution in [0.1, 0.15) is 32.6 Å². The van der Waals surface area contributed by atoms with E-state index in [-0.39, 0.29) is 12.5 Å². The molecule has 0 heterocycles. The predicted octanol–water partition coefficient (Wildman–Crippen LogP) is 4.39. The number of benzene rings is 3. The van der Waals surface area contributed by atoms with Crippen molar-refractivity contribution in [1.29, 1.82) is 0 Å². The van der Waals surface area contributed by atoms with Crippen LogP contribution >= 0.6 is 0 Å². The molecule has 0 saturated carbocycles. The lowest BCUT2D eigenvalue weighted by Gasteiger charge is -2.24. The van der Waals surface area contributed by atoms with Crippen LogP contribution in [0.5, 0.6) is 5.75 Å². The molecule has 174 valence electrons. The van der Waals surface area contributed by atoms with Gasteiger partial charge in [-0.2, -0.15) is 0 Å². The fourth-order valence-electron chi connectivity index (χ4n) is 3.39. The van der Waals surface area contributed by atoms with Crippen molar-refractivity contribution in [3.63, 3.8) is 0 Å². The molecular weight excluding hydrogens is 436 g/mol. The normalized spacial score (nSPS) is 11.2. The quantitative estimate of drug-likeness (QED) is 0.475. The number of nitrogens with zero attached hydrogens (tertiary/aromatic N) is 1.